The fourth-order valence-corrected chi connectivity index (χ4v) is 8.35. The summed E-state index contributed by atoms with van der Waals surface area (Å²) >= 11 is 12.7. The van der Waals surface area contributed by atoms with E-state index >= 15 is 0 Å². The van der Waals surface area contributed by atoms with Crippen LogP contribution >= 0.6 is 23.2 Å². The Morgan fingerprint density at radius 3 is 1.35 bits per heavy atom. The van der Waals surface area contributed by atoms with E-state index in [9.17, 15) is 18.4 Å². The van der Waals surface area contributed by atoms with Gasteiger partial charge in [0.2, 0.25) is 0 Å². The molecule has 0 aliphatic carbocycles. The number of carbonyl (C=O) groups is 2. The Balaban J connectivity index is 0.000000196. The highest BCUT2D eigenvalue weighted by molar-refractivity contribution is 6.31. The number of nitrogens with zero attached hydrogens (tertiary/aromatic N) is 6. The summed E-state index contributed by atoms with van der Waals surface area (Å²) in [6.07, 6.45) is -3.49. The summed E-state index contributed by atoms with van der Waals surface area (Å²) in [6, 6.07) is 21.2. The van der Waals surface area contributed by atoms with Crippen molar-refractivity contribution in [3.8, 4) is 34.4 Å². The summed E-state index contributed by atoms with van der Waals surface area (Å²) < 4.78 is 76.3. The van der Waals surface area contributed by atoms with E-state index in [0.29, 0.717) is 78.3 Å². The summed E-state index contributed by atoms with van der Waals surface area (Å²) in [4.78, 5) is 24.8. The largest absolute Gasteiger partial charge is 0.493 e. The van der Waals surface area contributed by atoms with Crippen molar-refractivity contribution in [2.45, 2.75) is 64.5 Å². The highest BCUT2D eigenvalue weighted by Crippen LogP contribution is 2.48. The number of halogens is 4. The van der Waals surface area contributed by atoms with E-state index in [0.717, 1.165) is 0 Å². The number of esters is 2. The zero-order valence-electron chi connectivity index (χ0n) is 36.8. The number of para-hydroxylation sites is 2. The molecule has 4 aromatic carbocycles. The zero-order valence-corrected chi connectivity index (χ0v) is 38.3. The molecule has 2 aromatic heterocycles. The minimum Gasteiger partial charge on any atom is -0.493 e. The highest BCUT2D eigenvalue weighted by Gasteiger charge is 2.39. The molecule has 0 fully saturated rings. The number of hydrogen-bond donors (Lipinski definition) is 0. The van der Waals surface area contributed by atoms with Crippen molar-refractivity contribution in [1.29, 1.82) is 0 Å². The van der Waals surface area contributed by atoms with E-state index in [4.69, 9.17) is 61.1 Å². The smallest absolute Gasteiger partial charge is 0.308 e. The topological polar surface area (TPSA) is 169 Å². The van der Waals surface area contributed by atoms with Gasteiger partial charge < -0.3 is 37.9 Å². The summed E-state index contributed by atoms with van der Waals surface area (Å²) in [5.41, 5.74) is 3.75. The number of methoxy groups -OCH3 is 4. The Hall–Kier alpha value is -6.34. The summed E-state index contributed by atoms with van der Waals surface area (Å²) in [6.45, 7) is 2.17. The number of rotatable bonds is 14. The first-order valence-electron chi connectivity index (χ1n) is 20.7. The van der Waals surface area contributed by atoms with Crippen molar-refractivity contribution in [3.05, 3.63) is 128 Å². The van der Waals surface area contributed by atoms with Crippen molar-refractivity contribution in [1.82, 2.24) is 29.5 Å². The van der Waals surface area contributed by atoms with E-state index < -0.39 is 49.7 Å². The molecule has 0 radical (unpaired) electrons. The minimum atomic E-state index is -0.871. The highest BCUT2D eigenvalue weighted by atomic mass is 35.5. The molecule has 0 saturated heterocycles. The summed E-state index contributed by atoms with van der Waals surface area (Å²) in [7, 11) is 6.14. The number of aromatic nitrogens is 6. The van der Waals surface area contributed by atoms with Crippen molar-refractivity contribution < 1.29 is 56.3 Å². The average Bonchev–Trinajstić information content (AvgIpc) is 3.90. The van der Waals surface area contributed by atoms with Gasteiger partial charge in [0.15, 0.2) is 46.3 Å². The molecule has 0 saturated carbocycles. The Labute approximate surface area is 388 Å². The molecule has 20 heteroatoms. The monoisotopic (exact) mass is 950 g/mol. The van der Waals surface area contributed by atoms with Crippen molar-refractivity contribution in [2.75, 3.05) is 41.7 Å². The minimum absolute atomic E-state index is 0.0873. The molecular formula is C46H46Cl2F2N6O10. The fourth-order valence-electron chi connectivity index (χ4n) is 7.99. The predicted molar refractivity (Wildman–Crippen MR) is 235 cm³/mol. The molecule has 2 aliphatic heterocycles. The fraction of sp³-hybridized carbons (Fsp3) is 0.348. The number of ether oxygens (including phenoxy) is 8. The molecule has 8 rings (SSSR count). The first-order valence-corrected chi connectivity index (χ1v) is 21.4. The maximum atomic E-state index is 13.9. The third-order valence-electron chi connectivity index (χ3n) is 10.7. The van der Waals surface area contributed by atoms with Gasteiger partial charge in [-0.15, -0.1) is 20.4 Å². The van der Waals surface area contributed by atoms with Crippen molar-refractivity contribution >= 4 is 35.1 Å². The van der Waals surface area contributed by atoms with Crippen LogP contribution in [0.15, 0.2) is 72.8 Å². The van der Waals surface area contributed by atoms with Crippen LogP contribution in [0.25, 0.3) is 11.4 Å². The molecule has 0 bridgehead atoms. The van der Waals surface area contributed by atoms with E-state index in [1.54, 1.807) is 85.7 Å². The van der Waals surface area contributed by atoms with Crippen LogP contribution in [0, 0.1) is 0 Å². The molecule has 16 nitrogen and oxygen atoms in total. The number of alkyl halides is 2. The van der Waals surface area contributed by atoms with Crippen LogP contribution in [0.1, 0.15) is 96.7 Å². The molecule has 4 heterocycles. The lowest BCUT2D eigenvalue weighted by Gasteiger charge is -2.24. The summed E-state index contributed by atoms with van der Waals surface area (Å²) in [5.74, 6) is 1.78. The standard InChI is InChI=1S/2C23H23ClFN3O5/c2*1-4-32-20(29)11-18-23-27-26-19(12-25)28(23)16-9-8-13(24)10-15(16)21(33-18)14-6-5-7-17(30-2)22(14)31-3/h2*5-10,18,21H,4,11-12H2,1-3H3/t2*18-,21-/m10/s1. The Morgan fingerprint density at radius 2 is 1.00 bits per heavy atom. The van der Waals surface area contributed by atoms with Crippen LogP contribution in [0.5, 0.6) is 23.0 Å². The molecule has 4 atom stereocenters. The van der Waals surface area contributed by atoms with E-state index in [1.807, 2.05) is 24.3 Å². The second-order valence-electron chi connectivity index (χ2n) is 14.5. The quantitative estimate of drug-likeness (QED) is 0.0948. The van der Waals surface area contributed by atoms with Crippen LogP contribution in [0.2, 0.25) is 10.0 Å². The average molecular weight is 952 g/mol. The van der Waals surface area contributed by atoms with Gasteiger partial charge in [0, 0.05) is 32.3 Å². The molecular weight excluding hydrogens is 905 g/mol. The van der Waals surface area contributed by atoms with Crippen molar-refractivity contribution in [3.63, 3.8) is 0 Å². The van der Waals surface area contributed by atoms with Crippen LogP contribution in [-0.2, 0) is 41.9 Å². The molecule has 6 aromatic rings. The third kappa shape index (κ3) is 9.49. The second-order valence-corrected chi connectivity index (χ2v) is 15.4. The Bertz CT molecular complexity index is 2520. The van der Waals surface area contributed by atoms with Gasteiger partial charge in [-0.2, -0.15) is 0 Å². The van der Waals surface area contributed by atoms with Crippen LogP contribution < -0.4 is 18.9 Å². The van der Waals surface area contributed by atoms with Gasteiger partial charge >= 0.3 is 11.9 Å². The summed E-state index contributed by atoms with van der Waals surface area (Å²) in [5, 5.41) is 17.2. The van der Waals surface area contributed by atoms with Gasteiger partial charge in [0.05, 0.1) is 65.9 Å². The van der Waals surface area contributed by atoms with Crippen LogP contribution in [0.3, 0.4) is 0 Å². The number of carbonyl (C=O) groups excluding carboxylic acids is 2. The first kappa shape index (κ1) is 47.6. The van der Waals surface area contributed by atoms with Gasteiger partial charge in [-0.25, -0.2) is 8.78 Å². The van der Waals surface area contributed by atoms with Gasteiger partial charge in [-0.05, 0) is 62.4 Å². The Kier molecular flexibility index (Phi) is 15.4. The van der Waals surface area contributed by atoms with Gasteiger partial charge in [-0.3, -0.25) is 18.7 Å². The van der Waals surface area contributed by atoms with E-state index in [1.165, 1.54) is 14.2 Å². The molecule has 66 heavy (non-hydrogen) atoms. The maximum absolute atomic E-state index is 13.9. The lowest BCUT2D eigenvalue weighted by atomic mass is 9.98. The lowest BCUT2D eigenvalue weighted by molar-refractivity contribution is -0.148. The maximum Gasteiger partial charge on any atom is 0.308 e. The molecule has 2 aliphatic rings. The molecule has 0 N–H and O–H groups in total. The number of benzene rings is 4. The molecule has 348 valence electrons. The van der Waals surface area contributed by atoms with E-state index in [-0.39, 0.29) is 37.7 Å². The van der Waals surface area contributed by atoms with Crippen molar-refractivity contribution in [2.24, 2.45) is 0 Å². The van der Waals surface area contributed by atoms with Gasteiger partial charge in [0.25, 0.3) is 0 Å². The van der Waals surface area contributed by atoms with Gasteiger partial charge in [-0.1, -0.05) is 47.5 Å². The zero-order chi connectivity index (χ0) is 47.1. The molecule has 0 spiro atoms. The number of hydrogen-bond acceptors (Lipinski definition) is 14. The normalized spacial score (nSPS) is 17.0. The van der Waals surface area contributed by atoms with Crippen LogP contribution in [-0.4, -0.2) is 83.1 Å². The Morgan fingerprint density at radius 1 is 0.591 bits per heavy atom. The molecule has 0 unspecified atom stereocenters. The number of fused-ring (bicyclic) bond motifs is 6. The van der Waals surface area contributed by atoms with E-state index in [2.05, 4.69) is 20.4 Å². The van der Waals surface area contributed by atoms with Crippen LogP contribution in [0.4, 0.5) is 8.78 Å². The SMILES string of the molecule is CCOC(=O)C[C@@H]1O[C@@H](c2cccc(OC)c2OC)c2cc(Cl)ccc2-n2c(CF)nnc21.CCOC(=O)C[C@H]1O[C@H](c2cccc(OC)c2OC)c2cc(Cl)ccc2-n2c(CF)nnc21. The molecule has 0 amide bonds. The predicted octanol–water partition coefficient (Wildman–Crippen LogP) is 9.04. The lowest BCUT2D eigenvalue weighted by Crippen LogP contribution is -2.17. The van der Waals surface area contributed by atoms with Gasteiger partial charge in [0.1, 0.15) is 37.8 Å². The first-order chi connectivity index (χ1) is 32.0. The third-order valence-corrected chi connectivity index (χ3v) is 11.2. The second kappa shape index (κ2) is 21.3.